The van der Waals surface area contributed by atoms with E-state index in [0.29, 0.717) is 17.3 Å². The molecule has 3 nitrogen and oxygen atoms in total. The molecule has 1 aromatic carbocycles. The Labute approximate surface area is 97.7 Å². The highest BCUT2D eigenvalue weighted by Gasteiger charge is 2.11. The zero-order chi connectivity index (χ0) is 11.3. The number of carbonyl (C=O) groups is 1. The molecule has 0 N–H and O–H groups in total. The normalized spacial score (nSPS) is 9.20. The van der Waals surface area contributed by atoms with Gasteiger partial charge in [-0.2, -0.15) is 4.99 Å². The molecule has 0 saturated carbocycles. The number of esters is 1. The minimum Gasteiger partial charge on any atom is -0.462 e. The summed E-state index contributed by atoms with van der Waals surface area (Å²) in [6.07, 6.45) is 0. The van der Waals surface area contributed by atoms with Gasteiger partial charge in [0.15, 0.2) is 0 Å². The van der Waals surface area contributed by atoms with E-state index in [2.05, 4.69) is 22.4 Å². The van der Waals surface area contributed by atoms with Gasteiger partial charge < -0.3 is 4.74 Å². The summed E-state index contributed by atoms with van der Waals surface area (Å²) in [5.41, 5.74) is 0.808. The van der Waals surface area contributed by atoms with E-state index in [4.69, 9.17) is 16.3 Å². The van der Waals surface area contributed by atoms with Gasteiger partial charge in [0, 0.05) is 0 Å². The van der Waals surface area contributed by atoms with Crippen LogP contribution in [0.2, 0.25) is 5.02 Å². The monoisotopic (exact) mass is 241 g/mol. The number of hydrogen-bond acceptors (Lipinski definition) is 4. The molecule has 0 aliphatic heterocycles. The Hall–Kier alpha value is -1.22. The van der Waals surface area contributed by atoms with Gasteiger partial charge in [-0.3, -0.25) is 0 Å². The highest BCUT2D eigenvalue weighted by molar-refractivity contribution is 7.78. The zero-order valence-electron chi connectivity index (χ0n) is 7.99. The highest BCUT2D eigenvalue weighted by atomic mass is 35.5. The summed E-state index contributed by atoms with van der Waals surface area (Å²) in [4.78, 5) is 15.2. The fourth-order valence-corrected chi connectivity index (χ4v) is 1.30. The van der Waals surface area contributed by atoms with Crippen molar-refractivity contribution >= 4 is 40.6 Å². The molecular weight excluding hydrogens is 234 g/mol. The predicted octanol–water partition coefficient (Wildman–Crippen LogP) is 3.25. The van der Waals surface area contributed by atoms with Crippen molar-refractivity contribution in [1.82, 2.24) is 0 Å². The fraction of sp³-hybridized carbons (Fsp3) is 0.200. The molecule has 1 rings (SSSR count). The molecule has 1 aromatic rings. The third kappa shape index (κ3) is 3.13. The smallest absolute Gasteiger partial charge is 0.339 e. The van der Waals surface area contributed by atoms with Crippen molar-refractivity contribution in [3.63, 3.8) is 0 Å². The zero-order valence-corrected chi connectivity index (χ0v) is 9.56. The van der Waals surface area contributed by atoms with E-state index in [1.165, 1.54) is 6.07 Å². The molecule has 78 valence electrons. The van der Waals surface area contributed by atoms with Crippen molar-refractivity contribution in [1.29, 1.82) is 0 Å². The molecule has 5 heteroatoms. The molecule has 0 aliphatic rings. The number of carbonyl (C=O) groups excluding carboxylic acids is 1. The van der Waals surface area contributed by atoms with Gasteiger partial charge in [-0.25, -0.2) is 4.79 Å². The fourth-order valence-electron chi connectivity index (χ4n) is 1.00. The number of ether oxygens (including phenoxy) is 1. The van der Waals surface area contributed by atoms with Crippen LogP contribution in [0.5, 0.6) is 0 Å². The van der Waals surface area contributed by atoms with E-state index in [1.807, 2.05) is 0 Å². The number of aliphatic imine (C=N–C) groups is 1. The first-order valence-corrected chi connectivity index (χ1v) is 5.02. The molecule has 0 atom stereocenters. The Morgan fingerprint density at radius 1 is 1.67 bits per heavy atom. The van der Waals surface area contributed by atoms with Crippen LogP contribution in [-0.2, 0) is 4.74 Å². The van der Waals surface area contributed by atoms with E-state index in [1.54, 1.807) is 19.1 Å². The summed E-state index contributed by atoms with van der Waals surface area (Å²) in [5, 5.41) is 2.55. The summed E-state index contributed by atoms with van der Waals surface area (Å²) >= 11 is 10.3. The Kier molecular flexibility index (Phi) is 4.43. The average Bonchev–Trinajstić information content (AvgIpc) is 2.21. The Morgan fingerprint density at radius 2 is 2.40 bits per heavy atom. The van der Waals surface area contributed by atoms with E-state index < -0.39 is 5.97 Å². The van der Waals surface area contributed by atoms with Crippen molar-refractivity contribution in [2.45, 2.75) is 6.92 Å². The Bertz CT molecular complexity index is 427. The molecule has 0 spiro atoms. The lowest BCUT2D eigenvalue weighted by molar-refractivity contribution is 0.0526. The van der Waals surface area contributed by atoms with Crippen LogP contribution >= 0.6 is 23.8 Å². The minimum absolute atomic E-state index is 0.282. The maximum Gasteiger partial charge on any atom is 0.339 e. The first-order chi connectivity index (χ1) is 7.19. The van der Waals surface area contributed by atoms with E-state index in [9.17, 15) is 4.79 Å². The van der Waals surface area contributed by atoms with Crippen molar-refractivity contribution in [2.75, 3.05) is 6.61 Å². The van der Waals surface area contributed by atoms with Gasteiger partial charge in [0.05, 0.1) is 28.0 Å². The van der Waals surface area contributed by atoms with E-state index in [0.717, 1.165) is 0 Å². The van der Waals surface area contributed by atoms with Crippen LogP contribution in [0.1, 0.15) is 17.3 Å². The van der Waals surface area contributed by atoms with Crippen molar-refractivity contribution in [2.24, 2.45) is 4.99 Å². The molecule has 0 bridgehead atoms. The van der Waals surface area contributed by atoms with Crippen LogP contribution in [-0.4, -0.2) is 17.7 Å². The molecular formula is C10H8ClNO2S. The number of benzene rings is 1. The third-order valence-electron chi connectivity index (χ3n) is 1.62. The first kappa shape index (κ1) is 11.9. The second-order valence-electron chi connectivity index (χ2n) is 2.59. The Balaban J connectivity index is 3.10. The third-order valence-corrected chi connectivity index (χ3v) is 2.04. The number of isothiocyanates is 1. The van der Waals surface area contributed by atoms with Crippen LogP contribution in [0, 0.1) is 0 Å². The van der Waals surface area contributed by atoms with Crippen molar-refractivity contribution < 1.29 is 9.53 Å². The van der Waals surface area contributed by atoms with E-state index >= 15 is 0 Å². The van der Waals surface area contributed by atoms with Gasteiger partial charge in [0.1, 0.15) is 0 Å². The maximum absolute atomic E-state index is 11.4. The number of hydrogen-bond donors (Lipinski definition) is 0. The van der Waals surface area contributed by atoms with Crippen LogP contribution in [0.25, 0.3) is 0 Å². The molecule has 0 unspecified atom stereocenters. The second-order valence-corrected chi connectivity index (χ2v) is 3.18. The predicted molar refractivity (Wildman–Crippen MR) is 62.1 cm³/mol. The topological polar surface area (TPSA) is 38.7 Å². The summed E-state index contributed by atoms with van der Waals surface area (Å²) in [5.74, 6) is -0.469. The lowest BCUT2D eigenvalue weighted by atomic mass is 10.2. The van der Waals surface area contributed by atoms with Crippen LogP contribution in [0.3, 0.4) is 0 Å². The largest absolute Gasteiger partial charge is 0.462 e. The molecule has 15 heavy (non-hydrogen) atoms. The molecule has 0 heterocycles. The molecule has 0 aromatic heterocycles. The van der Waals surface area contributed by atoms with E-state index in [-0.39, 0.29) is 5.56 Å². The summed E-state index contributed by atoms with van der Waals surface area (Å²) in [6.45, 7) is 2.03. The van der Waals surface area contributed by atoms with Crippen LogP contribution in [0.15, 0.2) is 23.2 Å². The van der Waals surface area contributed by atoms with Crippen molar-refractivity contribution in [3.8, 4) is 0 Å². The number of rotatable bonds is 3. The van der Waals surface area contributed by atoms with Gasteiger partial charge >= 0.3 is 5.97 Å². The van der Waals surface area contributed by atoms with Crippen LogP contribution in [0.4, 0.5) is 5.69 Å². The molecule has 0 fully saturated rings. The second kappa shape index (κ2) is 5.61. The molecule has 0 amide bonds. The highest BCUT2D eigenvalue weighted by Crippen LogP contribution is 2.22. The number of nitrogens with zero attached hydrogens (tertiary/aromatic N) is 1. The average molecular weight is 242 g/mol. The molecule has 0 aliphatic carbocycles. The lowest BCUT2D eigenvalue weighted by Gasteiger charge is -2.04. The van der Waals surface area contributed by atoms with Crippen LogP contribution < -0.4 is 0 Å². The van der Waals surface area contributed by atoms with Gasteiger partial charge in [-0.1, -0.05) is 11.6 Å². The van der Waals surface area contributed by atoms with Gasteiger partial charge in [-0.05, 0) is 37.3 Å². The summed E-state index contributed by atoms with van der Waals surface area (Å²) < 4.78 is 4.83. The maximum atomic E-state index is 11.4. The van der Waals surface area contributed by atoms with Gasteiger partial charge in [0.25, 0.3) is 0 Å². The summed E-state index contributed by atoms with van der Waals surface area (Å²) in [6, 6.07) is 4.73. The summed E-state index contributed by atoms with van der Waals surface area (Å²) in [7, 11) is 0. The standard InChI is InChI=1S/C10H8ClNO2S/c1-2-14-10(13)8-5-7(12-6-15)3-4-9(8)11/h3-5H,2H2,1H3. The minimum atomic E-state index is -0.469. The lowest BCUT2D eigenvalue weighted by Crippen LogP contribution is -2.04. The van der Waals surface area contributed by atoms with Gasteiger partial charge in [-0.15, -0.1) is 0 Å². The van der Waals surface area contributed by atoms with Gasteiger partial charge in [0.2, 0.25) is 0 Å². The number of thiocarbonyl (C=S) groups is 1. The van der Waals surface area contributed by atoms with Crippen molar-refractivity contribution in [3.05, 3.63) is 28.8 Å². The quantitative estimate of drug-likeness (QED) is 0.463. The SMILES string of the molecule is CCOC(=O)c1cc(N=C=S)ccc1Cl. The number of halogens is 1. The molecule has 0 radical (unpaired) electrons. The molecule has 0 saturated heterocycles. The Morgan fingerprint density at radius 3 is 3.00 bits per heavy atom. The first-order valence-electron chi connectivity index (χ1n) is 4.23.